The summed E-state index contributed by atoms with van der Waals surface area (Å²) in [5, 5.41) is 26.7. The lowest BCUT2D eigenvalue weighted by molar-refractivity contribution is 0.0696. The molecule has 0 saturated carbocycles. The third-order valence-corrected chi connectivity index (χ3v) is 4.22. The number of anilines is 1. The Morgan fingerprint density at radius 2 is 1.84 bits per heavy atom. The summed E-state index contributed by atoms with van der Waals surface area (Å²) in [7, 11) is 0. The number of hydrogen-bond acceptors (Lipinski definition) is 4. The number of thioether (sulfide) groups is 1. The number of rotatable bonds is 6. The van der Waals surface area contributed by atoms with Crippen LogP contribution in [0.5, 0.6) is 5.75 Å². The number of benzene rings is 2. The molecule has 0 radical (unpaired) electrons. The normalized spacial score (nSPS) is 10.1. The minimum Gasteiger partial charge on any atom is -0.592 e. The Kier molecular flexibility index (Phi) is 5.91. The Balaban J connectivity index is 2.04. The largest absolute Gasteiger partial charge is 0.592 e. The molecule has 0 spiro atoms. The van der Waals surface area contributed by atoms with E-state index in [0.29, 0.717) is 11.3 Å². The zero-order valence-corrected chi connectivity index (χ0v) is 13.9. The lowest BCUT2D eigenvalue weighted by Crippen LogP contribution is -2.12. The van der Waals surface area contributed by atoms with Crippen LogP contribution in [0.4, 0.5) is 5.69 Å². The van der Waals surface area contributed by atoms with E-state index in [1.165, 1.54) is 30.0 Å². The van der Waals surface area contributed by atoms with E-state index < -0.39 is 11.9 Å². The van der Waals surface area contributed by atoms with Gasteiger partial charge in [0.1, 0.15) is 11.5 Å². The van der Waals surface area contributed by atoms with Crippen LogP contribution in [0, 0.1) is 5.41 Å². The quantitative estimate of drug-likeness (QED) is 0.318. The number of carboxylic acids is 1. The lowest BCUT2D eigenvalue weighted by Gasteiger charge is -2.07. The smallest absolute Gasteiger partial charge is 0.336 e. The molecule has 2 rings (SSSR count). The van der Waals surface area contributed by atoms with Crippen molar-refractivity contribution in [2.75, 3.05) is 11.1 Å². The van der Waals surface area contributed by atoms with Crippen molar-refractivity contribution < 1.29 is 19.8 Å². The van der Waals surface area contributed by atoms with Gasteiger partial charge in [-0.1, -0.05) is 0 Å². The standard InChI is InChI=1S/C17H15N3O4S/c1-19-15(18)9-25-12-5-2-10(3-6-12)16(22)20-13-7-4-11(17(23)24)8-14(13)21/h2-8,18,21H,1,9H2,(H,20,22)(H,23,24)/p+1. The summed E-state index contributed by atoms with van der Waals surface area (Å²) in [5.74, 6) is -1.02. The van der Waals surface area contributed by atoms with E-state index >= 15 is 0 Å². The van der Waals surface area contributed by atoms with E-state index in [1.807, 2.05) is 0 Å². The Morgan fingerprint density at radius 3 is 2.40 bits per heavy atom. The van der Waals surface area contributed by atoms with Gasteiger partial charge in [-0.3, -0.25) is 10.2 Å². The van der Waals surface area contributed by atoms with E-state index in [9.17, 15) is 9.59 Å². The number of nitrogens with one attached hydrogen (secondary N) is 2. The highest BCUT2D eigenvalue weighted by Gasteiger charge is 2.14. The number of aromatic carboxylic acids is 1. The summed E-state index contributed by atoms with van der Waals surface area (Å²) in [4.78, 5) is 27.5. The van der Waals surface area contributed by atoms with Gasteiger partial charge in [-0.25, -0.2) is 9.79 Å². The van der Waals surface area contributed by atoms with Crippen LogP contribution in [0.25, 0.3) is 0 Å². The maximum absolute atomic E-state index is 12.2. The van der Waals surface area contributed by atoms with E-state index in [0.717, 1.165) is 4.90 Å². The SMILES string of the molecule is C=NC(=N)CSc1ccc(C(=O)Nc2ccc(C(=O)O)cc2[OH2+])cc1. The highest BCUT2D eigenvalue weighted by Crippen LogP contribution is 2.25. The molecule has 0 atom stereocenters. The maximum atomic E-state index is 12.2. The summed E-state index contributed by atoms with van der Waals surface area (Å²) < 4.78 is 0. The number of aliphatic imine (C=N–C) groups is 1. The second-order valence-corrected chi connectivity index (χ2v) is 5.99. The number of carbonyl (C=O) groups is 2. The van der Waals surface area contributed by atoms with Crippen LogP contribution in [-0.2, 0) is 0 Å². The molecule has 0 unspecified atom stereocenters. The van der Waals surface area contributed by atoms with Crippen LogP contribution in [-0.4, -0.2) is 40.4 Å². The van der Waals surface area contributed by atoms with Crippen LogP contribution >= 0.6 is 11.8 Å². The lowest BCUT2D eigenvalue weighted by atomic mass is 10.1. The molecule has 2 aromatic carbocycles. The molecule has 2 aromatic rings. The predicted molar refractivity (Wildman–Crippen MR) is 98.9 cm³/mol. The average Bonchev–Trinajstić information content (AvgIpc) is 2.61. The Morgan fingerprint density at radius 1 is 1.20 bits per heavy atom. The minimum atomic E-state index is -1.13. The van der Waals surface area contributed by atoms with Gasteiger partial charge in [0.25, 0.3) is 11.7 Å². The molecule has 0 bridgehead atoms. The number of carboxylic acid groups (broad SMARTS) is 1. The second kappa shape index (κ2) is 8.11. The van der Waals surface area contributed by atoms with Crippen LogP contribution < -0.4 is 5.32 Å². The van der Waals surface area contributed by atoms with Crippen molar-refractivity contribution in [3.63, 3.8) is 0 Å². The molecule has 0 aliphatic heterocycles. The average molecular weight is 358 g/mol. The van der Waals surface area contributed by atoms with Gasteiger partial charge in [-0.05, 0) is 43.1 Å². The maximum Gasteiger partial charge on any atom is 0.336 e. The van der Waals surface area contributed by atoms with Crippen LogP contribution in [0.3, 0.4) is 0 Å². The van der Waals surface area contributed by atoms with Crippen molar-refractivity contribution >= 4 is 41.9 Å². The molecule has 128 valence electrons. The predicted octanol–water partition coefficient (Wildman–Crippen LogP) is 2.84. The third kappa shape index (κ3) is 4.92. The second-order valence-electron chi connectivity index (χ2n) is 4.94. The molecular formula is C17H16N3O4S+. The molecular weight excluding hydrogens is 342 g/mol. The summed E-state index contributed by atoms with van der Waals surface area (Å²) in [6, 6.07) is 10.7. The van der Waals surface area contributed by atoms with Gasteiger partial charge in [0, 0.05) is 10.5 Å². The fourth-order valence-corrected chi connectivity index (χ4v) is 2.60. The number of hydrogen-bond donors (Lipinski definition) is 3. The van der Waals surface area contributed by atoms with Gasteiger partial charge in [-0.2, -0.15) is 0 Å². The first kappa shape index (κ1) is 18.2. The molecule has 0 aliphatic rings. The van der Waals surface area contributed by atoms with Gasteiger partial charge in [0.2, 0.25) is 0 Å². The Hall–Kier alpha value is -3.13. The van der Waals surface area contributed by atoms with Crippen molar-refractivity contribution in [3.05, 3.63) is 53.6 Å². The molecule has 0 aliphatic carbocycles. The fraction of sp³-hybridized carbons (Fsp3) is 0.0588. The first-order valence-electron chi connectivity index (χ1n) is 7.08. The van der Waals surface area contributed by atoms with E-state index in [1.54, 1.807) is 24.3 Å². The van der Waals surface area contributed by atoms with Gasteiger partial charge >= 0.3 is 5.97 Å². The number of amides is 1. The number of nitrogens with zero attached hydrogens (tertiary/aromatic N) is 1. The van der Waals surface area contributed by atoms with Crippen LogP contribution in [0.2, 0.25) is 0 Å². The fourth-order valence-electron chi connectivity index (χ4n) is 1.88. The molecule has 1 amide bonds. The summed E-state index contributed by atoms with van der Waals surface area (Å²) in [6.07, 6.45) is 0. The molecule has 0 saturated heterocycles. The van der Waals surface area contributed by atoms with Gasteiger partial charge in [0.15, 0.2) is 0 Å². The van der Waals surface area contributed by atoms with E-state index in [4.69, 9.17) is 15.6 Å². The number of amidine groups is 1. The monoisotopic (exact) mass is 358 g/mol. The molecule has 0 fully saturated rings. The van der Waals surface area contributed by atoms with E-state index in [2.05, 4.69) is 17.0 Å². The van der Waals surface area contributed by atoms with Crippen LogP contribution in [0.1, 0.15) is 20.7 Å². The van der Waals surface area contributed by atoms with Gasteiger partial charge in [0.05, 0.1) is 17.4 Å². The van der Waals surface area contributed by atoms with Crippen molar-refractivity contribution in [1.29, 1.82) is 5.41 Å². The molecule has 8 heteroatoms. The van der Waals surface area contributed by atoms with Gasteiger partial charge in [-0.15, -0.1) is 11.8 Å². The van der Waals surface area contributed by atoms with Crippen molar-refractivity contribution in [3.8, 4) is 5.75 Å². The van der Waals surface area contributed by atoms with Crippen molar-refractivity contribution in [2.45, 2.75) is 4.90 Å². The Labute approximate surface area is 147 Å². The first-order valence-corrected chi connectivity index (χ1v) is 8.06. The minimum absolute atomic E-state index is 0.0102. The van der Waals surface area contributed by atoms with Gasteiger partial charge < -0.3 is 15.5 Å². The summed E-state index contributed by atoms with van der Waals surface area (Å²) in [5.41, 5.74) is 0.630. The third-order valence-electron chi connectivity index (χ3n) is 3.20. The first-order chi connectivity index (χ1) is 11.9. The molecule has 25 heavy (non-hydrogen) atoms. The Bertz CT molecular complexity index is 834. The highest BCUT2D eigenvalue weighted by atomic mass is 32.2. The highest BCUT2D eigenvalue weighted by molar-refractivity contribution is 8.00. The zero-order chi connectivity index (χ0) is 18.4. The molecule has 5 N–H and O–H groups in total. The summed E-state index contributed by atoms with van der Waals surface area (Å²) >= 11 is 1.41. The molecule has 7 nitrogen and oxygen atoms in total. The van der Waals surface area contributed by atoms with E-state index in [-0.39, 0.29) is 22.8 Å². The molecule has 0 aromatic heterocycles. The summed E-state index contributed by atoms with van der Waals surface area (Å²) in [6.45, 7) is 3.28. The van der Waals surface area contributed by atoms with Crippen molar-refractivity contribution in [2.24, 2.45) is 4.99 Å². The zero-order valence-electron chi connectivity index (χ0n) is 13.1. The van der Waals surface area contributed by atoms with Crippen molar-refractivity contribution in [1.82, 2.24) is 0 Å². The number of carbonyl (C=O) groups excluding carboxylic acids is 1. The molecule has 0 heterocycles. The van der Waals surface area contributed by atoms with Crippen LogP contribution in [0.15, 0.2) is 52.4 Å². The topological polar surface area (TPSA) is 126 Å².